The first kappa shape index (κ1) is 19.0. The average Bonchev–Trinajstić information content (AvgIpc) is 3.23. The Kier molecular flexibility index (Phi) is 5.98. The first-order valence-corrected chi connectivity index (χ1v) is 11.2. The van der Waals surface area contributed by atoms with Crippen LogP contribution in [0.1, 0.15) is 6.92 Å². The van der Waals surface area contributed by atoms with Gasteiger partial charge in [0.1, 0.15) is 0 Å². The number of nitrogens with zero attached hydrogens (tertiary/aromatic N) is 3. The maximum Gasteiger partial charge on any atom is 0.235 e. The Morgan fingerprint density at radius 1 is 1.00 bits per heavy atom. The third-order valence-corrected chi connectivity index (χ3v) is 6.95. The maximum atomic E-state index is 12.9. The van der Waals surface area contributed by atoms with Crippen molar-refractivity contribution in [2.45, 2.75) is 16.5 Å². The molecular formula is C22H23N3OS2. The van der Waals surface area contributed by atoms with E-state index in [0.29, 0.717) is 0 Å². The monoisotopic (exact) mass is 409 g/mol. The van der Waals surface area contributed by atoms with Gasteiger partial charge in [0.05, 0.1) is 10.9 Å². The van der Waals surface area contributed by atoms with E-state index in [9.17, 15) is 4.79 Å². The molecule has 2 aromatic carbocycles. The molecule has 4 nitrogen and oxygen atoms in total. The van der Waals surface area contributed by atoms with Gasteiger partial charge in [0.2, 0.25) is 5.91 Å². The first-order chi connectivity index (χ1) is 13.7. The predicted molar refractivity (Wildman–Crippen MR) is 118 cm³/mol. The summed E-state index contributed by atoms with van der Waals surface area (Å²) in [6, 6.07) is 20.6. The molecule has 1 amide bonds. The van der Waals surface area contributed by atoms with Gasteiger partial charge < -0.3 is 9.80 Å². The highest BCUT2D eigenvalue weighted by Gasteiger charge is 2.26. The van der Waals surface area contributed by atoms with Crippen LogP contribution in [-0.4, -0.2) is 47.2 Å². The number of para-hydroxylation sites is 1. The standard InChI is InChI=1S/C22H23N3OS2/c1-17(28-22-23-20(16-27-22)18-8-4-2-5-9-18)21(26)25-14-12-24(13-15-25)19-10-6-3-7-11-19/h2-11,16-17H,12-15H2,1H3/t17-/m0/s1. The third-order valence-electron chi connectivity index (χ3n) is 4.89. The van der Waals surface area contributed by atoms with Crippen LogP contribution >= 0.6 is 23.1 Å². The van der Waals surface area contributed by atoms with E-state index in [4.69, 9.17) is 4.98 Å². The molecule has 0 radical (unpaired) electrons. The predicted octanol–water partition coefficient (Wildman–Crippen LogP) is 4.64. The molecule has 0 bridgehead atoms. The third kappa shape index (κ3) is 4.39. The molecule has 1 saturated heterocycles. The fraction of sp³-hybridized carbons (Fsp3) is 0.273. The van der Waals surface area contributed by atoms with Crippen LogP contribution in [0, 0.1) is 0 Å². The fourth-order valence-electron chi connectivity index (χ4n) is 3.34. The van der Waals surface area contributed by atoms with Crippen LogP contribution in [0.25, 0.3) is 11.3 Å². The number of benzene rings is 2. The Morgan fingerprint density at radius 3 is 2.32 bits per heavy atom. The smallest absolute Gasteiger partial charge is 0.235 e. The molecule has 1 aliphatic heterocycles. The number of hydrogen-bond acceptors (Lipinski definition) is 5. The second kappa shape index (κ2) is 8.80. The second-order valence-electron chi connectivity index (χ2n) is 6.77. The maximum absolute atomic E-state index is 12.9. The molecule has 3 aromatic rings. The van der Waals surface area contributed by atoms with Gasteiger partial charge in [-0.1, -0.05) is 60.3 Å². The topological polar surface area (TPSA) is 36.4 Å². The van der Waals surface area contributed by atoms with Gasteiger partial charge in [-0.2, -0.15) is 0 Å². The van der Waals surface area contributed by atoms with Crippen LogP contribution in [0.5, 0.6) is 0 Å². The van der Waals surface area contributed by atoms with Gasteiger partial charge in [-0.25, -0.2) is 4.98 Å². The average molecular weight is 410 g/mol. The second-order valence-corrected chi connectivity index (χ2v) is 9.22. The van der Waals surface area contributed by atoms with Gasteiger partial charge in [-0.3, -0.25) is 4.79 Å². The molecule has 0 unspecified atom stereocenters. The van der Waals surface area contributed by atoms with Crippen molar-refractivity contribution in [2.24, 2.45) is 0 Å². The molecule has 0 N–H and O–H groups in total. The number of piperazine rings is 1. The summed E-state index contributed by atoms with van der Waals surface area (Å²) in [7, 11) is 0. The fourth-order valence-corrected chi connectivity index (χ4v) is 5.39. The Hall–Kier alpha value is -2.31. The lowest BCUT2D eigenvalue weighted by Crippen LogP contribution is -2.50. The van der Waals surface area contributed by atoms with Gasteiger partial charge in [0, 0.05) is 42.8 Å². The van der Waals surface area contributed by atoms with E-state index < -0.39 is 0 Å². The molecule has 28 heavy (non-hydrogen) atoms. The Labute approximate surface area is 174 Å². The minimum atomic E-state index is -0.127. The zero-order valence-corrected chi connectivity index (χ0v) is 17.5. The number of hydrogen-bond donors (Lipinski definition) is 0. The van der Waals surface area contributed by atoms with Gasteiger partial charge in [0.15, 0.2) is 4.34 Å². The van der Waals surface area contributed by atoms with Crippen LogP contribution in [0.2, 0.25) is 0 Å². The molecule has 144 valence electrons. The summed E-state index contributed by atoms with van der Waals surface area (Å²) < 4.78 is 0.947. The summed E-state index contributed by atoms with van der Waals surface area (Å²) in [5.74, 6) is 0.203. The van der Waals surface area contributed by atoms with E-state index in [1.165, 1.54) is 5.69 Å². The molecular weight excluding hydrogens is 386 g/mol. The zero-order valence-electron chi connectivity index (χ0n) is 15.8. The number of anilines is 1. The van der Waals surface area contributed by atoms with E-state index >= 15 is 0 Å². The molecule has 0 aliphatic carbocycles. The Bertz CT molecular complexity index is 906. The van der Waals surface area contributed by atoms with E-state index in [1.54, 1.807) is 23.1 Å². The van der Waals surface area contributed by atoms with E-state index in [1.807, 2.05) is 36.1 Å². The lowest BCUT2D eigenvalue weighted by Gasteiger charge is -2.37. The first-order valence-electron chi connectivity index (χ1n) is 9.47. The van der Waals surface area contributed by atoms with Crippen molar-refractivity contribution < 1.29 is 4.79 Å². The number of aromatic nitrogens is 1. The highest BCUT2D eigenvalue weighted by Crippen LogP contribution is 2.31. The van der Waals surface area contributed by atoms with Crippen LogP contribution in [0.3, 0.4) is 0 Å². The Balaban J connectivity index is 1.32. The largest absolute Gasteiger partial charge is 0.368 e. The summed E-state index contributed by atoms with van der Waals surface area (Å²) in [5.41, 5.74) is 3.32. The SMILES string of the molecule is C[C@H](Sc1nc(-c2ccccc2)cs1)C(=O)N1CCN(c2ccccc2)CC1. The van der Waals surface area contributed by atoms with Gasteiger partial charge >= 0.3 is 0 Å². The molecule has 1 aliphatic rings. The molecule has 0 saturated carbocycles. The lowest BCUT2D eigenvalue weighted by molar-refractivity contribution is -0.130. The van der Waals surface area contributed by atoms with Gasteiger partial charge in [-0.05, 0) is 19.1 Å². The molecule has 0 spiro atoms. The van der Waals surface area contributed by atoms with E-state index in [0.717, 1.165) is 41.8 Å². The minimum absolute atomic E-state index is 0.127. The van der Waals surface area contributed by atoms with E-state index in [2.05, 4.69) is 46.7 Å². The molecule has 4 rings (SSSR count). The summed E-state index contributed by atoms with van der Waals surface area (Å²) in [5, 5.41) is 1.94. The van der Waals surface area contributed by atoms with Gasteiger partial charge in [-0.15, -0.1) is 11.3 Å². The summed E-state index contributed by atoms with van der Waals surface area (Å²) in [4.78, 5) is 21.9. The molecule has 2 heterocycles. The van der Waals surface area contributed by atoms with Crippen LogP contribution in [0.4, 0.5) is 5.69 Å². The van der Waals surface area contributed by atoms with Crippen molar-refractivity contribution in [1.29, 1.82) is 0 Å². The van der Waals surface area contributed by atoms with Crippen LogP contribution in [-0.2, 0) is 4.79 Å². The van der Waals surface area contributed by atoms with Crippen LogP contribution < -0.4 is 4.90 Å². The molecule has 1 fully saturated rings. The van der Waals surface area contributed by atoms with Crippen molar-refractivity contribution in [3.63, 3.8) is 0 Å². The Morgan fingerprint density at radius 2 is 1.64 bits per heavy atom. The number of amides is 1. The number of carbonyl (C=O) groups is 1. The minimum Gasteiger partial charge on any atom is -0.368 e. The highest BCUT2D eigenvalue weighted by molar-refractivity contribution is 8.02. The van der Waals surface area contributed by atoms with Crippen LogP contribution in [0.15, 0.2) is 70.4 Å². The molecule has 1 aromatic heterocycles. The summed E-state index contributed by atoms with van der Waals surface area (Å²) in [6.07, 6.45) is 0. The lowest BCUT2D eigenvalue weighted by atomic mass is 10.2. The molecule has 1 atom stereocenters. The molecule has 6 heteroatoms. The number of rotatable bonds is 5. The van der Waals surface area contributed by atoms with Crippen molar-refractivity contribution in [2.75, 3.05) is 31.1 Å². The number of thioether (sulfide) groups is 1. The van der Waals surface area contributed by atoms with Gasteiger partial charge in [0.25, 0.3) is 0 Å². The van der Waals surface area contributed by atoms with Crippen molar-refractivity contribution in [3.8, 4) is 11.3 Å². The van der Waals surface area contributed by atoms with Crippen molar-refractivity contribution in [1.82, 2.24) is 9.88 Å². The highest BCUT2D eigenvalue weighted by atomic mass is 32.2. The summed E-state index contributed by atoms with van der Waals surface area (Å²) >= 11 is 3.17. The normalized spacial score (nSPS) is 15.5. The zero-order chi connectivity index (χ0) is 19.3. The number of thiazole rings is 1. The summed E-state index contributed by atoms with van der Waals surface area (Å²) in [6.45, 7) is 5.28. The number of carbonyl (C=O) groups excluding carboxylic acids is 1. The quantitative estimate of drug-likeness (QED) is 0.575. The van der Waals surface area contributed by atoms with Crippen molar-refractivity contribution >= 4 is 34.7 Å². The van der Waals surface area contributed by atoms with Crippen molar-refractivity contribution in [3.05, 3.63) is 66.0 Å². The van der Waals surface area contributed by atoms with E-state index in [-0.39, 0.29) is 11.2 Å².